The Hall–Kier alpha value is -0.340. The standard InChI is InChI=1S/C12H22O2/c1-5-6-7-8-9(2)12-13-10(3)11(4)14-12/h7-12H,5-6H2,1-4H3/b8-7+/t9-,10+,11+/m0/s1. The number of unbranched alkanes of at least 4 members (excludes halogenated alkanes) is 1. The van der Waals surface area contributed by atoms with Crippen molar-refractivity contribution in [3.8, 4) is 0 Å². The van der Waals surface area contributed by atoms with Crippen molar-refractivity contribution in [2.75, 3.05) is 0 Å². The molecule has 1 heterocycles. The highest BCUT2D eigenvalue weighted by molar-refractivity contribution is 4.89. The lowest BCUT2D eigenvalue weighted by atomic mass is 10.1. The molecule has 0 amide bonds. The molecule has 1 fully saturated rings. The van der Waals surface area contributed by atoms with Gasteiger partial charge in [0.1, 0.15) is 0 Å². The van der Waals surface area contributed by atoms with Crippen LogP contribution in [0, 0.1) is 5.92 Å². The number of allylic oxidation sites excluding steroid dienone is 1. The van der Waals surface area contributed by atoms with Crippen molar-refractivity contribution in [1.82, 2.24) is 0 Å². The molecule has 2 heteroatoms. The molecule has 0 aromatic heterocycles. The molecule has 1 aliphatic rings. The molecule has 14 heavy (non-hydrogen) atoms. The first-order chi connectivity index (χ1) is 6.65. The topological polar surface area (TPSA) is 18.5 Å². The van der Waals surface area contributed by atoms with Gasteiger partial charge in [-0.25, -0.2) is 0 Å². The van der Waals surface area contributed by atoms with E-state index in [1.165, 1.54) is 6.42 Å². The number of ether oxygens (including phenoxy) is 2. The molecule has 2 nitrogen and oxygen atoms in total. The van der Waals surface area contributed by atoms with Crippen LogP contribution in [0.3, 0.4) is 0 Å². The van der Waals surface area contributed by atoms with E-state index in [0.717, 1.165) is 6.42 Å². The Bertz CT molecular complexity index is 179. The van der Waals surface area contributed by atoms with E-state index in [-0.39, 0.29) is 18.5 Å². The van der Waals surface area contributed by atoms with E-state index in [4.69, 9.17) is 9.47 Å². The van der Waals surface area contributed by atoms with E-state index >= 15 is 0 Å². The van der Waals surface area contributed by atoms with Gasteiger partial charge in [-0.05, 0) is 20.3 Å². The largest absolute Gasteiger partial charge is 0.346 e. The van der Waals surface area contributed by atoms with Gasteiger partial charge in [-0.3, -0.25) is 0 Å². The normalized spacial score (nSPS) is 31.4. The van der Waals surface area contributed by atoms with Crippen molar-refractivity contribution >= 4 is 0 Å². The van der Waals surface area contributed by atoms with Crippen LogP contribution in [0.4, 0.5) is 0 Å². The predicted octanol–water partition coefficient (Wildman–Crippen LogP) is 3.13. The van der Waals surface area contributed by atoms with Crippen LogP contribution in [0.5, 0.6) is 0 Å². The van der Waals surface area contributed by atoms with E-state index in [0.29, 0.717) is 5.92 Å². The quantitative estimate of drug-likeness (QED) is 0.646. The van der Waals surface area contributed by atoms with E-state index in [9.17, 15) is 0 Å². The molecular formula is C12H22O2. The predicted molar refractivity (Wildman–Crippen MR) is 58.1 cm³/mol. The first kappa shape index (κ1) is 11.7. The fraction of sp³-hybridized carbons (Fsp3) is 0.833. The Kier molecular flexibility index (Phi) is 4.63. The summed E-state index contributed by atoms with van der Waals surface area (Å²) < 4.78 is 11.4. The summed E-state index contributed by atoms with van der Waals surface area (Å²) in [5, 5.41) is 0. The van der Waals surface area contributed by atoms with Crippen LogP contribution in [0.15, 0.2) is 12.2 Å². The molecule has 1 rings (SSSR count). The number of hydrogen-bond donors (Lipinski definition) is 0. The average Bonchev–Trinajstić information content (AvgIpc) is 2.47. The zero-order valence-corrected chi connectivity index (χ0v) is 9.69. The van der Waals surface area contributed by atoms with Gasteiger partial charge < -0.3 is 9.47 Å². The van der Waals surface area contributed by atoms with Crippen molar-refractivity contribution in [3.05, 3.63) is 12.2 Å². The Morgan fingerprint density at radius 3 is 2.29 bits per heavy atom. The summed E-state index contributed by atoms with van der Waals surface area (Å²) in [6, 6.07) is 0. The van der Waals surface area contributed by atoms with E-state index < -0.39 is 0 Å². The minimum absolute atomic E-state index is 0.0480. The molecule has 0 N–H and O–H groups in total. The Morgan fingerprint density at radius 1 is 1.21 bits per heavy atom. The lowest BCUT2D eigenvalue weighted by molar-refractivity contribution is -0.0849. The first-order valence-corrected chi connectivity index (χ1v) is 5.62. The molecule has 0 bridgehead atoms. The van der Waals surface area contributed by atoms with E-state index in [1.54, 1.807) is 0 Å². The summed E-state index contributed by atoms with van der Waals surface area (Å²) in [6.45, 7) is 8.45. The highest BCUT2D eigenvalue weighted by Gasteiger charge is 2.32. The molecule has 0 aromatic carbocycles. The summed E-state index contributed by atoms with van der Waals surface area (Å²) in [7, 11) is 0. The summed E-state index contributed by atoms with van der Waals surface area (Å²) in [4.78, 5) is 0. The zero-order chi connectivity index (χ0) is 10.6. The zero-order valence-electron chi connectivity index (χ0n) is 9.69. The van der Waals surface area contributed by atoms with Gasteiger partial charge in [0.2, 0.25) is 0 Å². The SMILES string of the molecule is CCC/C=C/[C@H](C)C1O[C@H](C)[C@@H](C)O1. The van der Waals surface area contributed by atoms with Gasteiger partial charge in [0.15, 0.2) is 6.29 Å². The minimum Gasteiger partial charge on any atom is -0.346 e. The van der Waals surface area contributed by atoms with Gasteiger partial charge in [-0.15, -0.1) is 0 Å². The molecule has 3 atom stereocenters. The lowest BCUT2D eigenvalue weighted by Crippen LogP contribution is -2.17. The second kappa shape index (κ2) is 5.52. The maximum absolute atomic E-state index is 5.69. The fourth-order valence-electron chi connectivity index (χ4n) is 1.49. The van der Waals surface area contributed by atoms with Crippen LogP contribution in [0.2, 0.25) is 0 Å². The third kappa shape index (κ3) is 3.10. The highest BCUT2D eigenvalue weighted by Crippen LogP contribution is 2.24. The van der Waals surface area contributed by atoms with Gasteiger partial charge in [0, 0.05) is 5.92 Å². The summed E-state index contributed by atoms with van der Waals surface area (Å²) >= 11 is 0. The molecule has 1 saturated heterocycles. The number of hydrogen-bond acceptors (Lipinski definition) is 2. The Labute approximate surface area is 87.3 Å². The minimum atomic E-state index is -0.0480. The van der Waals surface area contributed by atoms with E-state index in [2.05, 4.69) is 39.8 Å². The van der Waals surface area contributed by atoms with Crippen molar-refractivity contribution in [1.29, 1.82) is 0 Å². The molecular weight excluding hydrogens is 176 g/mol. The van der Waals surface area contributed by atoms with Crippen molar-refractivity contribution in [2.45, 2.75) is 59.0 Å². The summed E-state index contributed by atoms with van der Waals surface area (Å²) in [6.07, 6.45) is 7.14. The first-order valence-electron chi connectivity index (χ1n) is 5.62. The third-order valence-electron chi connectivity index (χ3n) is 2.68. The van der Waals surface area contributed by atoms with Crippen LogP contribution in [-0.2, 0) is 9.47 Å². The molecule has 0 saturated carbocycles. The Morgan fingerprint density at radius 2 is 1.79 bits per heavy atom. The molecule has 0 unspecified atom stereocenters. The van der Waals surface area contributed by atoms with Crippen molar-refractivity contribution in [3.63, 3.8) is 0 Å². The maximum atomic E-state index is 5.69. The molecule has 0 aromatic rings. The van der Waals surface area contributed by atoms with Crippen LogP contribution in [0.25, 0.3) is 0 Å². The van der Waals surface area contributed by atoms with Crippen molar-refractivity contribution < 1.29 is 9.47 Å². The molecule has 1 aliphatic heterocycles. The molecule has 82 valence electrons. The third-order valence-corrected chi connectivity index (χ3v) is 2.68. The molecule has 0 radical (unpaired) electrons. The van der Waals surface area contributed by atoms with Gasteiger partial charge in [-0.1, -0.05) is 32.4 Å². The van der Waals surface area contributed by atoms with Gasteiger partial charge in [0.05, 0.1) is 12.2 Å². The van der Waals surface area contributed by atoms with Crippen LogP contribution in [-0.4, -0.2) is 18.5 Å². The van der Waals surface area contributed by atoms with Crippen molar-refractivity contribution in [2.24, 2.45) is 5.92 Å². The highest BCUT2D eigenvalue weighted by atomic mass is 16.7. The maximum Gasteiger partial charge on any atom is 0.164 e. The van der Waals surface area contributed by atoms with Gasteiger partial charge in [-0.2, -0.15) is 0 Å². The summed E-state index contributed by atoms with van der Waals surface area (Å²) in [5.41, 5.74) is 0. The lowest BCUT2D eigenvalue weighted by Gasteiger charge is -2.14. The Balaban J connectivity index is 2.35. The average molecular weight is 198 g/mol. The smallest absolute Gasteiger partial charge is 0.164 e. The monoisotopic (exact) mass is 198 g/mol. The van der Waals surface area contributed by atoms with Gasteiger partial charge in [0.25, 0.3) is 0 Å². The van der Waals surface area contributed by atoms with E-state index in [1.807, 2.05) is 0 Å². The second-order valence-electron chi connectivity index (χ2n) is 4.13. The van der Waals surface area contributed by atoms with Crippen LogP contribution in [0.1, 0.15) is 40.5 Å². The molecule has 0 spiro atoms. The van der Waals surface area contributed by atoms with Crippen LogP contribution >= 0.6 is 0 Å². The fourth-order valence-corrected chi connectivity index (χ4v) is 1.49. The van der Waals surface area contributed by atoms with Crippen LogP contribution < -0.4 is 0 Å². The number of rotatable bonds is 4. The second-order valence-corrected chi connectivity index (χ2v) is 4.13. The molecule has 0 aliphatic carbocycles. The van der Waals surface area contributed by atoms with Gasteiger partial charge >= 0.3 is 0 Å². The summed E-state index contributed by atoms with van der Waals surface area (Å²) in [5.74, 6) is 0.356.